The molecule has 0 atom stereocenters. The van der Waals surface area contributed by atoms with Crippen molar-refractivity contribution in [3.8, 4) is 23.0 Å². The molecule has 0 amide bonds. The number of nitrogens with zero attached hydrogens (tertiary/aromatic N) is 4. The Morgan fingerprint density at radius 3 is 2.65 bits per heavy atom. The Morgan fingerprint density at radius 1 is 1.10 bits per heavy atom. The quantitative estimate of drug-likeness (QED) is 0.740. The monoisotopic (exact) mass is 330 g/mol. The summed E-state index contributed by atoms with van der Waals surface area (Å²) in [5.41, 5.74) is 2.11. The fourth-order valence-electron chi connectivity index (χ4n) is 1.81. The highest BCUT2D eigenvalue weighted by Crippen LogP contribution is 2.23. The summed E-state index contributed by atoms with van der Waals surface area (Å²) >= 11 is 3.33. The molecule has 100 valence electrons. The number of ether oxygens (including phenoxy) is 1. The van der Waals surface area contributed by atoms with E-state index in [0.717, 1.165) is 11.1 Å². The molecular formula is C14H11BrN4O. The van der Waals surface area contributed by atoms with Crippen molar-refractivity contribution in [2.45, 2.75) is 0 Å². The zero-order valence-corrected chi connectivity index (χ0v) is 12.3. The van der Waals surface area contributed by atoms with Gasteiger partial charge in [-0.3, -0.25) is 0 Å². The second-order valence-electron chi connectivity index (χ2n) is 4.07. The average Bonchev–Trinajstić information content (AvgIpc) is 2.98. The molecule has 0 aliphatic rings. The lowest BCUT2D eigenvalue weighted by Gasteiger charge is -2.04. The minimum absolute atomic E-state index is 0.465. The van der Waals surface area contributed by atoms with Gasteiger partial charge in [-0.05, 0) is 21.5 Å². The summed E-state index contributed by atoms with van der Waals surface area (Å²) in [4.78, 5) is 8.51. The minimum atomic E-state index is 0.465. The second-order valence-corrected chi connectivity index (χ2v) is 4.92. The Morgan fingerprint density at radius 2 is 1.90 bits per heavy atom. The van der Waals surface area contributed by atoms with Gasteiger partial charge in [0, 0.05) is 11.8 Å². The predicted octanol–water partition coefficient (Wildman–Crippen LogP) is 3.10. The van der Waals surface area contributed by atoms with Crippen LogP contribution in [-0.4, -0.2) is 26.9 Å². The number of hydrogen-bond acceptors (Lipinski definition) is 4. The van der Waals surface area contributed by atoms with Crippen LogP contribution in [0.2, 0.25) is 0 Å². The summed E-state index contributed by atoms with van der Waals surface area (Å²) < 4.78 is 7.49. The number of methoxy groups -OCH3 is 1. The lowest BCUT2D eigenvalue weighted by Crippen LogP contribution is -2.03. The van der Waals surface area contributed by atoms with Crippen molar-refractivity contribution < 1.29 is 4.74 Å². The van der Waals surface area contributed by atoms with Crippen LogP contribution in [0.5, 0.6) is 5.88 Å². The third-order valence-corrected chi connectivity index (χ3v) is 3.33. The van der Waals surface area contributed by atoms with Crippen molar-refractivity contribution in [2.24, 2.45) is 0 Å². The molecule has 0 fully saturated rings. The van der Waals surface area contributed by atoms with E-state index in [0.29, 0.717) is 16.3 Å². The van der Waals surface area contributed by atoms with Crippen molar-refractivity contribution in [1.29, 1.82) is 0 Å². The van der Waals surface area contributed by atoms with E-state index in [2.05, 4.69) is 31.0 Å². The first-order chi connectivity index (χ1) is 9.78. The van der Waals surface area contributed by atoms with Gasteiger partial charge in [0.1, 0.15) is 0 Å². The molecule has 0 unspecified atom stereocenters. The smallest absolute Gasteiger partial charge is 0.253 e. The molecule has 0 radical (unpaired) electrons. The summed E-state index contributed by atoms with van der Waals surface area (Å²) in [5, 5.41) is 4.29. The molecule has 2 aromatic heterocycles. The lowest BCUT2D eigenvalue weighted by atomic mass is 10.1. The minimum Gasteiger partial charge on any atom is -0.480 e. The van der Waals surface area contributed by atoms with E-state index < -0.39 is 0 Å². The Kier molecular flexibility index (Phi) is 3.47. The average molecular weight is 331 g/mol. The summed E-state index contributed by atoms with van der Waals surface area (Å²) in [6.07, 6.45) is 5.32. The molecule has 0 bridgehead atoms. The second kappa shape index (κ2) is 5.42. The normalized spacial score (nSPS) is 10.5. The van der Waals surface area contributed by atoms with E-state index in [-0.39, 0.29) is 0 Å². The predicted molar refractivity (Wildman–Crippen MR) is 78.8 cm³/mol. The van der Waals surface area contributed by atoms with Crippen LogP contribution in [0.1, 0.15) is 0 Å². The molecule has 0 aliphatic heterocycles. The van der Waals surface area contributed by atoms with Gasteiger partial charge in [-0.2, -0.15) is 10.1 Å². The molecule has 0 aliphatic carbocycles. The topological polar surface area (TPSA) is 52.8 Å². The zero-order valence-electron chi connectivity index (χ0n) is 10.7. The first kappa shape index (κ1) is 12.8. The van der Waals surface area contributed by atoms with Crippen LogP contribution >= 0.6 is 15.9 Å². The Balaban J connectivity index is 1.98. The molecular weight excluding hydrogens is 320 g/mol. The third kappa shape index (κ3) is 2.42. The van der Waals surface area contributed by atoms with Crippen molar-refractivity contribution in [2.75, 3.05) is 7.11 Å². The molecule has 2 heterocycles. The highest BCUT2D eigenvalue weighted by molar-refractivity contribution is 9.10. The molecule has 0 spiro atoms. The molecule has 1 aromatic carbocycles. The number of benzene rings is 1. The van der Waals surface area contributed by atoms with E-state index in [1.165, 1.54) is 0 Å². The molecule has 0 saturated carbocycles. The van der Waals surface area contributed by atoms with Gasteiger partial charge in [0.25, 0.3) is 5.95 Å². The van der Waals surface area contributed by atoms with Gasteiger partial charge < -0.3 is 4.74 Å². The van der Waals surface area contributed by atoms with Crippen LogP contribution in [0.4, 0.5) is 0 Å². The maximum absolute atomic E-state index is 5.16. The first-order valence-corrected chi connectivity index (χ1v) is 6.74. The van der Waals surface area contributed by atoms with Crippen LogP contribution in [0, 0.1) is 0 Å². The lowest BCUT2D eigenvalue weighted by molar-refractivity contribution is 0.392. The summed E-state index contributed by atoms with van der Waals surface area (Å²) in [7, 11) is 1.56. The molecule has 20 heavy (non-hydrogen) atoms. The van der Waals surface area contributed by atoms with Crippen LogP contribution < -0.4 is 4.74 Å². The third-order valence-electron chi connectivity index (χ3n) is 2.79. The summed E-state index contributed by atoms with van der Waals surface area (Å²) in [6, 6.07) is 10.0. The van der Waals surface area contributed by atoms with E-state index in [9.17, 15) is 0 Å². The van der Waals surface area contributed by atoms with E-state index in [4.69, 9.17) is 4.74 Å². The van der Waals surface area contributed by atoms with Crippen LogP contribution in [-0.2, 0) is 0 Å². The number of halogens is 1. The van der Waals surface area contributed by atoms with E-state index >= 15 is 0 Å². The van der Waals surface area contributed by atoms with Crippen molar-refractivity contribution in [3.63, 3.8) is 0 Å². The summed E-state index contributed by atoms with van der Waals surface area (Å²) in [5.74, 6) is 0.944. The fraction of sp³-hybridized carbons (Fsp3) is 0.0714. The van der Waals surface area contributed by atoms with Gasteiger partial charge in [-0.15, -0.1) is 0 Å². The molecule has 6 heteroatoms. The van der Waals surface area contributed by atoms with Gasteiger partial charge in [0.15, 0.2) is 0 Å². The zero-order chi connectivity index (χ0) is 13.9. The maximum atomic E-state index is 5.16. The number of rotatable bonds is 3. The van der Waals surface area contributed by atoms with Crippen molar-refractivity contribution >= 4 is 15.9 Å². The fourth-order valence-corrected chi connectivity index (χ4v) is 2.16. The van der Waals surface area contributed by atoms with E-state index in [1.54, 1.807) is 24.2 Å². The highest BCUT2D eigenvalue weighted by atomic mass is 79.9. The van der Waals surface area contributed by atoms with E-state index in [1.807, 2.05) is 36.5 Å². The first-order valence-electron chi connectivity index (χ1n) is 5.95. The molecule has 0 saturated heterocycles. The van der Waals surface area contributed by atoms with Crippen molar-refractivity contribution in [1.82, 2.24) is 19.7 Å². The van der Waals surface area contributed by atoms with Crippen LogP contribution in [0.15, 0.2) is 53.4 Å². The van der Waals surface area contributed by atoms with Gasteiger partial charge in [-0.25, -0.2) is 9.67 Å². The summed E-state index contributed by atoms with van der Waals surface area (Å²) in [6.45, 7) is 0. The SMILES string of the molecule is COc1nc(-n2cc(-c3ccccc3)cn2)ncc1Br. The molecule has 3 rings (SSSR count). The Hall–Kier alpha value is -2.21. The van der Waals surface area contributed by atoms with Crippen LogP contribution in [0.3, 0.4) is 0 Å². The van der Waals surface area contributed by atoms with Gasteiger partial charge >= 0.3 is 0 Å². The van der Waals surface area contributed by atoms with Gasteiger partial charge in [0.05, 0.1) is 24.0 Å². The highest BCUT2D eigenvalue weighted by Gasteiger charge is 2.09. The number of aromatic nitrogens is 4. The number of hydrogen-bond donors (Lipinski definition) is 0. The molecule has 0 N–H and O–H groups in total. The molecule has 3 aromatic rings. The van der Waals surface area contributed by atoms with Gasteiger partial charge in [-0.1, -0.05) is 30.3 Å². The Labute approximate surface area is 124 Å². The largest absolute Gasteiger partial charge is 0.480 e. The van der Waals surface area contributed by atoms with Crippen LogP contribution in [0.25, 0.3) is 17.1 Å². The molecule has 5 nitrogen and oxygen atoms in total. The Bertz CT molecular complexity index is 727. The van der Waals surface area contributed by atoms with Gasteiger partial charge in [0.2, 0.25) is 5.88 Å². The standard InChI is InChI=1S/C14H11BrN4O/c1-20-13-12(15)8-16-14(18-13)19-9-11(7-17-19)10-5-3-2-4-6-10/h2-9H,1H3. The maximum Gasteiger partial charge on any atom is 0.253 e. The van der Waals surface area contributed by atoms with Crippen molar-refractivity contribution in [3.05, 3.63) is 53.4 Å².